The minimum atomic E-state index is 0.627. The molecule has 1 fully saturated rings. The second kappa shape index (κ2) is 4.63. The Labute approximate surface area is 106 Å². The predicted molar refractivity (Wildman–Crippen MR) is 73.9 cm³/mol. The van der Waals surface area contributed by atoms with Crippen molar-refractivity contribution in [3.8, 4) is 0 Å². The van der Waals surface area contributed by atoms with E-state index >= 15 is 0 Å². The first-order chi connectivity index (χ1) is 8.36. The van der Waals surface area contributed by atoms with Crippen LogP contribution in [-0.4, -0.2) is 30.6 Å². The first-order valence-corrected chi connectivity index (χ1v) is 6.91. The molecular formula is C13H17N3S. The summed E-state index contributed by atoms with van der Waals surface area (Å²) in [6, 6.07) is 9.12. The van der Waals surface area contributed by atoms with Crippen molar-refractivity contribution in [2.24, 2.45) is 0 Å². The molecule has 1 saturated heterocycles. The molecule has 1 aromatic heterocycles. The highest BCUT2D eigenvalue weighted by atomic mass is 32.1. The Morgan fingerprint density at radius 3 is 2.88 bits per heavy atom. The standard InChI is InChI=1S/C13H17N3S/c1-16(10-6-8-14-9-7-10)13-11-4-2-3-5-12(11)17-15-13/h2-5,10,14H,6-9H2,1H3. The van der Waals surface area contributed by atoms with Crippen LogP contribution in [0.25, 0.3) is 10.1 Å². The van der Waals surface area contributed by atoms with Crippen molar-refractivity contribution in [2.75, 3.05) is 25.0 Å². The Hall–Kier alpha value is -1.13. The molecule has 0 saturated carbocycles. The highest BCUT2D eigenvalue weighted by molar-refractivity contribution is 7.13. The van der Waals surface area contributed by atoms with Gasteiger partial charge in [-0.05, 0) is 49.6 Å². The van der Waals surface area contributed by atoms with Gasteiger partial charge in [-0.1, -0.05) is 12.1 Å². The number of nitrogens with one attached hydrogen (secondary N) is 1. The van der Waals surface area contributed by atoms with E-state index in [0.29, 0.717) is 6.04 Å². The second-order valence-corrected chi connectivity index (χ2v) is 5.40. The molecule has 0 radical (unpaired) electrons. The maximum absolute atomic E-state index is 4.62. The number of anilines is 1. The minimum Gasteiger partial charge on any atom is -0.355 e. The van der Waals surface area contributed by atoms with Crippen LogP contribution in [0.4, 0.5) is 5.82 Å². The smallest absolute Gasteiger partial charge is 0.150 e. The first kappa shape index (κ1) is 11.0. The molecule has 1 aliphatic rings. The molecule has 1 aromatic carbocycles. The topological polar surface area (TPSA) is 28.2 Å². The number of fused-ring (bicyclic) bond motifs is 1. The van der Waals surface area contributed by atoms with Crippen LogP contribution in [0.1, 0.15) is 12.8 Å². The zero-order valence-corrected chi connectivity index (χ0v) is 10.8. The molecule has 0 atom stereocenters. The van der Waals surface area contributed by atoms with E-state index in [1.165, 1.54) is 22.9 Å². The SMILES string of the molecule is CN(c1nsc2ccccc12)C1CCNCC1. The van der Waals surface area contributed by atoms with E-state index in [4.69, 9.17) is 0 Å². The maximum Gasteiger partial charge on any atom is 0.150 e. The highest BCUT2D eigenvalue weighted by Crippen LogP contribution is 2.30. The van der Waals surface area contributed by atoms with E-state index < -0.39 is 0 Å². The predicted octanol–water partition coefficient (Wildman–Crippen LogP) is 2.48. The zero-order valence-electron chi connectivity index (χ0n) is 10.0. The Bertz CT molecular complexity index is 502. The largest absolute Gasteiger partial charge is 0.355 e. The molecule has 0 spiro atoms. The number of benzene rings is 1. The van der Waals surface area contributed by atoms with E-state index in [1.54, 1.807) is 11.5 Å². The third-order valence-corrected chi connectivity index (χ3v) is 4.37. The molecule has 90 valence electrons. The Morgan fingerprint density at radius 1 is 1.29 bits per heavy atom. The van der Waals surface area contributed by atoms with Gasteiger partial charge < -0.3 is 10.2 Å². The van der Waals surface area contributed by atoms with Crippen LogP contribution >= 0.6 is 11.5 Å². The molecule has 3 rings (SSSR count). The van der Waals surface area contributed by atoms with Crippen molar-refractivity contribution < 1.29 is 0 Å². The van der Waals surface area contributed by atoms with Crippen LogP contribution < -0.4 is 10.2 Å². The van der Waals surface area contributed by atoms with Gasteiger partial charge in [0.1, 0.15) is 5.82 Å². The molecule has 1 N–H and O–H groups in total. The third kappa shape index (κ3) is 2.03. The van der Waals surface area contributed by atoms with Gasteiger partial charge in [0, 0.05) is 18.5 Å². The van der Waals surface area contributed by atoms with Gasteiger partial charge in [-0.3, -0.25) is 0 Å². The summed E-state index contributed by atoms with van der Waals surface area (Å²) in [5.41, 5.74) is 0. The van der Waals surface area contributed by atoms with Gasteiger partial charge in [-0.2, -0.15) is 4.37 Å². The third-order valence-electron chi connectivity index (χ3n) is 3.55. The molecule has 0 amide bonds. The van der Waals surface area contributed by atoms with Crippen molar-refractivity contribution in [1.82, 2.24) is 9.69 Å². The van der Waals surface area contributed by atoms with Gasteiger partial charge in [-0.25, -0.2) is 0 Å². The Morgan fingerprint density at radius 2 is 2.06 bits per heavy atom. The Kier molecular flexibility index (Phi) is 2.99. The molecular weight excluding hydrogens is 230 g/mol. The van der Waals surface area contributed by atoms with Crippen LogP contribution in [0.3, 0.4) is 0 Å². The zero-order chi connectivity index (χ0) is 11.7. The van der Waals surface area contributed by atoms with E-state index in [9.17, 15) is 0 Å². The molecule has 17 heavy (non-hydrogen) atoms. The summed E-state index contributed by atoms with van der Waals surface area (Å²) >= 11 is 1.60. The average Bonchev–Trinajstić information content (AvgIpc) is 2.83. The fraction of sp³-hybridized carbons (Fsp3) is 0.462. The number of hydrogen-bond acceptors (Lipinski definition) is 4. The lowest BCUT2D eigenvalue weighted by molar-refractivity contribution is 0.443. The molecule has 2 heterocycles. The van der Waals surface area contributed by atoms with Gasteiger partial charge in [-0.15, -0.1) is 0 Å². The van der Waals surface area contributed by atoms with Crippen LogP contribution in [-0.2, 0) is 0 Å². The van der Waals surface area contributed by atoms with Crippen molar-refractivity contribution in [3.05, 3.63) is 24.3 Å². The normalized spacial score (nSPS) is 17.5. The summed E-state index contributed by atoms with van der Waals surface area (Å²) in [6.07, 6.45) is 2.42. The molecule has 4 heteroatoms. The number of aromatic nitrogens is 1. The monoisotopic (exact) mass is 247 g/mol. The summed E-state index contributed by atoms with van der Waals surface area (Å²) in [5, 5.41) is 4.70. The van der Waals surface area contributed by atoms with E-state index in [2.05, 4.69) is 45.9 Å². The summed E-state index contributed by atoms with van der Waals surface area (Å²) < 4.78 is 5.90. The van der Waals surface area contributed by atoms with Crippen molar-refractivity contribution >= 4 is 27.4 Å². The molecule has 3 nitrogen and oxygen atoms in total. The highest BCUT2D eigenvalue weighted by Gasteiger charge is 2.21. The summed E-state index contributed by atoms with van der Waals surface area (Å²) in [5.74, 6) is 1.15. The molecule has 1 aliphatic heterocycles. The fourth-order valence-electron chi connectivity index (χ4n) is 2.49. The van der Waals surface area contributed by atoms with E-state index in [0.717, 1.165) is 18.9 Å². The fourth-order valence-corrected chi connectivity index (χ4v) is 3.30. The number of rotatable bonds is 2. The molecule has 2 aromatic rings. The van der Waals surface area contributed by atoms with Crippen LogP contribution in [0.15, 0.2) is 24.3 Å². The number of hydrogen-bond donors (Lipinski definition) is 1. The van der Waals surface area contributed by atoms with Crippen LogP contribution in [0.2, 0.25) is 0 Å². The van der Waals surface area contributed by atoms with Gasteiger partial charge in [0.25, 0.3) is 0 Å². The van der Waals surface area contributed by atoms with Crippen molar-refractivity contribution in [3.63, 3.8) is 0 Å². The van der Waals surface area contributed by atoms with Crippen molar-refractivity contribution in [2.45, 2.75) is 18.9 Å². The molecule has 0 unspecified atom stereocenters. The summed E-state index contributed by atoms with van der Waals surface area (Å²) in [6.45, 7) is 2.24. The number of nitrogens with zero attached hydrogens (tertiary/aromatic N) is 2. The Balaban J connectivity index is 1.92. The molecule has 0 bridgehead atoms. The lowest BCUT2D eigenvalue weighted by atomic mass is 10.1. The maximum atomic E-state index is 4.62. The first-order valence-electron chi connectivity index (χ1n) is 6.14. The van der Waals surface area contributed by atoms with Crippen molar-refractivity contribution in [1.29, 1.82) is 0 Å². The average molecular weight is 247 g/mol. The summed E-state index contributed by atoms with van der Waals surface area (Å²) in [7, 11) is 2.18. The lowest BCUT2D eigenvalue weighted by Gasteiger charge is -2.32. The van der Waals surface area contributed by atoms with Gasteiger partial charge in [0.2, 0.25) is 0 Å². The van der Waals surface area contributed by atoms with Gasteiger partial charge in [0.05, 0.1) is 4.70 Å². The second-order valence-electron chi connectivity index (χ2n) is 4.59. The van der Waals surface area contributed by atoms with E-state index in [1.807, 2.05) is 0 Å². The minimum absolute atomic E-state index is 0.627. The summed E-state index contributed by atoms with van der Waals surface area (Å²) in [4.78, 5) is 2.36. The quantitative estimate of drug-likeness (QED) is 0.883. The van der Waals surface area contributed by atoms with Crippen LogP contribution in [0, 0.1) is 0 Å². The molecule has 0 aliphatic carbocycles. The number of piperidine rings is 1. The van der Waals surface area contributed by atoms with Gasteiger partial charge in [0.15, 0.2) is 0 Å². The van der Waals surface area contributed by atoms with E-state index in [-0.39, 0.29) is 0 Å². The van der Waals surface area contributed by atoms with Gasteiger partial charge >= 0.3 is 0 Å². The lowest BCUT2D eigenvalue weighted by Crippen LogP contribution is -2.41. The van der Waals surface area contributed by atoms with Crippen LogP contribution in [0.5, 0.6) is 0 Å².